The third-order valence-electron chi connectivity index (χ3n) is 4.67. The van der Waals surface area contributed by atoms with E-state index in [1.165, 1.54) is 23.9 Å². The van der Waals surface area contributed by atoms with Crippen LogP contribution in [0, 0.1) is 17.8 Å². The summed E-state index contributed by atoms with van der Waals surface area (Å²) in [6.45, 7) is 7.74. The van der Waals surface area contributed by atoms with Crippen molar-refractivity contribution < 1.29 is 22.7 Å². The molecule has 2 heterocycles. The van der Waals surface area contributed by atoms with E-state index >= 15 is 0 Å². The number of anilines is 1. The molecule has 1 amide bonds. The molecule has 0 aliphatic carbocycles. The minimum atomic E-state index is -4.42. The van der Waals surface area contributed by atoms with Crippen molar-refractivity contribution in [1.82, 2.24) is 20.1 Å². The van der Waals surface area contributed by atoms with Gasteiger partial charge in [-0.3, -0.25) is 9.36 Å². The molecule has 1 aliphatic rings. The lowest BCUT2D eigenvalue weighted by Crippen LogP contribution is -2.38. The second-order valence-electron chi connectivity index (χ2n) is 7.83. The number of nitrogens with one attached hydrogen (secondary N) is 1. The Hall–Kier alpha value is -2.71. The lowest BCUT2D eigenvalue weighted by atomic mass is 10.1. The van der Waals surface area contributed by atoms with Crippen molar-refractivity contribution in [3.8, 4) is 11.8 Å². The number of amides is 1. The molecule has 178 valence electrons. The van der Waals surface area contributed by atoms with Gasteiger partial charge in [0, 0.05) is 25.2 Å². The molecule has 0 radical (unpaired) electrons. The highest BCUT2D eigenvalue weighted by molar-refractivity contribution is 7.99. The zero-order chi connectivity index (χ0) is 23.8. The fourth-order valence-corrected chi connectivity index (χ4v) is 3.93. The maximum Gasteiger partial charge on any atom is 0.416 e. The van der Waals surface area contributed by atoms with Crippen LogP contribution in [0.1, 0.15) is 25.0 Å². The summed E-state index contributed by atoms with van der Waals surface area (Å²) >= 11 is 1.29. The molecule has 0 spiro atoms. The van der Waals surface area contributed by atoms with Gasteiger partial charge >= 0.3 is 6.18 Å². The summed E-state index contributed by atoms with van der Waals surface area (Å²) in [5.41, 5.74) is -0.512. The zero-order valence-corrected chi connectivity index (χ0v) is 19.3. The third-order valence-corrected chi connectivity index (χ3v) is 5.63. The molecule has 0 unspecified atom stereocenters. The predicted octanol–water partition coefficient (Wildman–Crippen LogP) is 3.05. The number of benzene rings is 1. The Morgan fingerprint density at radius 1 is 1.27 bits per heavy atom. The van der Waals surface area contributed by atoms with Gasteiger partial charge in [-0.05, 0) is 24.1 Å². The second kappa shape index (κ2) is 11.4. The van der Waals surface area contributed by atoms with Gasteiger partial charge in [-0.1, -0.05) is 43.5 Å². The molecule has 33 heavy (non-hydrogen) atoms. The molecular formula is C22H26F3N5O2S. The Bertz CT molecular complexity index is 1010. The van der Waals surface area contributed by atoms with Crippen molar-refractivity contribution in [2.45, 2.75) is 31.7 Å². The van der Waals surface area contributed by atoms with Gasteiger partial charge in [0.15, 0.2) is 5.16 Å². The van der Waals surface area contributed by atoms with Crippen LogP contribution in [0.2, 0.25) is 0 Å². The number of halogens is 3. The molecule has 11 heteroatoms. The number of nitrogens with zero attached hydrogens (tertiary/aromatic N) is 4. The molecule has 1 N–H and O–H groups in total. The highest BCUT2D eigenvalue weighted by Gasteiger charge is 2.30. The van der Waals surface area contributed by atoms with E-state index in [0.717, 1.165) is 37.7 Å². The molecule has 1 aromatic heterocycles. The summed E-state index contributed by atoms with van der Waals surface area (Å²) in [5, 5.41) is 11.9. The molecular weight excluding hydrogens is 455 g/mol. The Kier molecular flexibility index (Phi) is 8.63. The normalized spacial score (nSPS) is 14.2. The van der Waals surface area contributed by atoms with Crippen molar-refractivity contribution in [2.75, 3.05) is 43.5 Å². The summed E-state index contributed by atoms with van der Waals surface area (Å²) in [6.07, 6.45) is -4.42. The van der Waals surface area contributed by atoms with E-state index < -0.39 is 11.7 Å². The fourth-order valence-electron chi connectivity index (χ4n) is 3.15. The van der Waals surface area contributed by atoms with Crippen molar-refractivity contribution in [3.63, 3.8) is 0 Å². The molecule has 0 atom stereocenters. The van der Waals surface area contributed by atoms with Crippen LogP contribution in [0.5, 0.6) is 0 Å². The zero-order valence-electron chi connectivity index (χ0n) is 18.5. The highest BCUT2D eigenvalue weighted by atomic mass is 32.2. The van der Waals surface area contributed by atoms with E-state index in [1.54, 1.807) is 0 Å². The highest BCUT2D eigenvalue weighted by Crippen LogP contribution is 2.29. The van der Waals surface area contributed by atoms with E-state index in [2.05, 4.69) is 46.1 Å². The molecule has 3 rings (SSSR count). The van der Waals surface area contributed by atoms with Crippen molar-refractivity contribution in [2.24, 2.45) is 5.92 Å². The fraction of sp³-hybridized carbons (Fsp3) is 0.500. The molecule has 1 saturated heterocycles. The van der Waals surface area contributed by atoms with Crippen molar-refractivity contribution in [3.05, 3.63) is 35.4 Å². The van der Waals surface area contributed by atoms with E-state index in [9.17, 15) is 18.0 Å². The first-order chi connectivity index (χ1) is 15.7. The molecule has 7 nitrogen and oxygen atoms in total. The quantitative estimate of drug-likeness (QED) is 0.484. The third kappa shape index (κ3) is 7.40. The predicted molar refractivity (Wildman–Crippen MR) is 120 cm³/mol. The summed E-state index contributed by atoms with van der Waals surface area (Å²) in [7, 11) is 0. The van der Waals surface area contributed by atoms with Gasteiger partial charge in [0.25, 0.3) is 0 Å². The molecule has 0 bridgehead atoms. The summed E-state index contributed by atoms with van der Waals surface area (Å²) in [5.74, 6) is 6.37. The number of morpholine rings is 1. The molecule has 1 aliphatic heterocycles. The van der Waals surface area contributed by atoms with Crippen LogP contribution in [-0.2, 0) is 22.3 Å². The standard InChI is InChI=1S/C22H26F3N5O2S/c1-16(2)14-30-20(29-9-11-32-12-10-29)27-28-21(30)33-15-19(31)26-8-4-6-17-5-3-7-18(13-17)22(23,24)25/h3,5,7,13,16H,8-12,14-15H2,1-2H3,(H,26,31). The number of carbonyl (C=O) groups is 1. The maximum absolute atomic E-state index is 12.8. The average molecular weight is 482 g/mol. The van der Waals surface area contributed by atoms with E-state index in [0.29, 0.717) is 24.3 Å². The van der Waals surface area contributed by atoms with Crippen LogP contribution in [0.15, 0.2) is 29.4 Å². The largest absolute Gasteiger partial charge is 0.416 e. The lowest BCUT2D eigenvalue weighted by molar-refractivity contribution is -0.137. The number of rotatable bonds is 7. The number of aromatic nitrogens is 3. The van der Waals surface area contributed by atoms with Gasteiger partial charge in [-0.25, -0.2) is 0 Å². The Labute approximate surface area is 195 Å². The maximum atomic E-state index is 12.8. The number of carbonyl (C=O) groups excluding carboxylic acids is 1. The van der Waals surface area contributed by atoms with Crippen LogP contribution in [0.4, 0.5) is 19.1 Å². The minimum absolute atomic E-state index is 0.0351. The van der Waals surface area contributed by atoms with Crippen LogP contribution in [0.25, 0.3) is 0 Å². The monoisotopic (exact) mass is 481 g/mol. The van der Waals surface area contributed by atoms with E-state index in [-0.39, 0.29) is 23.8 Å². The Balaban J connectivity index is 1.54. The van der Waals surface area contributed by atoms with Crippen LogP contribution < -0.4 is 10.2 Å². The topological polar surface area (TPSA) is 72.3 Å². The summed E-state index contributed by atoms with van der Waals surface area (Å²) in [6, 6.07) is 4.78. The molecule has 2 aromatic rings. The number of thioether (sulfide) groups is 1. The second-order valence-corrected chi connectivity index (χ2v) is 8.77. The SMILES string of the molecule is CC(C)Cn1c(SCC(=O)NCC#Cc2cccc(C(F)(F)F)c2)nnc1N1CCOCC1. The first kappa shape index (κ1) is 24.9. The van der Waals surface area contributed by atoms with Gasteiger partial charge in [-0.15, -0.1) is 10.2 Å². The molecule has 1 fully saturated rings. The van der Waals surface area contributed by atoms with E-state index in [4.69, 9.17) is 4.74 Å². The van der Waals surface area contributed by atoms with Crippen molar-refractivity contribution in [1.29, 1.82) is 0 Å². The van der Waals surface area contributed by atoms with Gasteiger partial charge in [-0.2, -0.15) is 13.2 Å². The number of ether oxygens (including phenoxy) is 1. The van der Waals surface area contributed by atoms with Crippen LogP contribution in [-0.4, -0.2) is 59.3 Å². The first-order valence-corrected chi connectivity index (χ1v) is 11.5. The van der Waals surface area contributed by atoms with Crippen molar-refractivity contribution >= 4 is 23.6 Å². The number of hydrogen-bond donors (Lipinski definition) is 1. The Morgan fingerprint density at radius 3 is 2.73 bits per heavy atom. The molecule has 1 aromatic carbocycles. The van der Waals surface area contributed by atoms with Gasteiger partial charge < -0.3 is 15.0 Å². The van der Waals surface area contributed by atoms with Gasteiger partial charge in [0.1, 0.15) is 0 Å². The minimum Gasteiger partial charge on any atom is -0.378 e. The number of hydrogen-bond acceptors (Lipinski definition) is 6. The lowest BCUT2D eigenvalue weighted by Gasteiger charge is -2.28. The average Bonchev–Trinajstić information content (AvgIpc) is 3.17. The van der Waals surface area contributed by atoms with Crippen LogP contribution >= 0.6 is 11.8 Å². The van der Waals surface area contributed by atoms with Gasteiger partial charge in [0.2, 0.25) is 11.9 Å². The summed E-state index contributed by atoms with van der Waals surface area (Å²) < 4.78 is 45.7. The first-order valence-electron chi connectivity index (χ1n) is 10.6. The van der Waals surface area contributed by atoms with Crippen LogP contribution in [0.3, 0.4) is 0 Å². The Morgan fingerprint density at radius 2 is 2.03 bits per heavy atom. The van der Waals surface area contributed by atoms with E-state index in [1.807, 2.05) is 4.57 Å². The summed E-state index contributed by atoms with van der Waals surface area (Å²) in [4.78, 5) is 14.4. The molecule has 0 saturated carbocycles. The smallest absolute Gasteiger partial charge is 0.378 e. The number of alkyl halides is 3. The van der Waals surface area contributed by atoms with Gasteiger partial charge in [0.05, 0.1) is 31.1 Å².